The van der Waals surface area contributed by atoms with E-state index in [0.717, 1.165) is 23.0 Å². The molecule has 0 saturated carbocycles. The van der Waals surface area contributed by atoms with Gasteiger partial charge in [0.05, 0.1) is 6.61 Å². The number of hydrogen-bond acceptors (Lipinski definition) is 3. The first kappa shape index (κ1) is 15.3. The minimum atomic E-state index is -0.0879. The summed E-state index contributed by atoms with van der Waals surface area (Å²) in [4.78, 5) is 0. The Balaban J connectivity index is 1.81. The molecule has 0 aliphatic carbocycles. The van der Waals surface area contributed by atoms with Gasteiger partial charge in [-0.05, 0) is 35.9 Å². The fourth-order valence-corrected chi connectivity index (χ4v) is 2.98. The lowest BCUT2D eigenvalue weighted by molar-refractivity contribution is 0.281. The molecule has 0 radical (unpaired) electrons. The molecule has 2 aromatic carbocycles. The van der Waals surface area contributed by atoms with Crippen LogP contribution in [0.2, 0.25) is 0 Å². The summed E-state index contributed by atoms with van der Waals surface area (Å²) in [7, 11) is 0. The van der Waals surface area contributed by atoms with Crippen LogP contribution in [0.1, 0.15) is 18.4 Å². The molecule has 0 spiro atoms. The Morgan fingerprint density at radius 3 is 2.64 bits per heavy atom. The third-order valence-corrected chi connectivity index (χ3v) is 4.17. The highest BCUT2D eigenvalue weighted by Crippen LogP contribution is 2.07. The summed E-state index contributed by atoms with van der Waals surface area (Å²) in [6.07, 6.45) is 2.40. The highest BCUT2D eigenvalue weighted by atomic mass is 16.4. The Morgan fingerprint density at radius 1 is 1.09 bits per heavy atom. The molecule has 114 valence electrons. The first-order valence-corrected chi connectivity index (χ1v) is 7.96. The topological polar surface area (TPSA) is 41.5 Å². The standard InChI is InChI=1S/C18H22BNO2/c21-13-15-6-4-9-17(12-15)19(16-7-2-1-3-8-16)22-14-18-10-5-11-20-18/h1-4,6-9,12,18,20-21H,5,10-11,13-14H2. The Hall–Kier alpha value is -1.62. The first-order chi connectivity index (χ1) is 10.9. The molecule has 1 aliphatic heterocycles. The van der Waals surface area contributed by atoms with Crippen LogP contribution in [0.3, 0.4) is 0 Å². The summed E-state index contributed by atoms with van der Waals surface area (Å²) in [5.74, 6) is 0. The zero-order chi connectivity index (χ0) is 15.2. The molecule has 2 N–H and O–H groups in total. The van der Waals surface area contributed by atoms with Gasteiger partial charge in [-0.3, -0.25) is 0 Å². The molecule has 2 aromatic rings. The van der Waals surface area contributed by atoms with Gasteiger partial charge in [0, 0.05) is 12.6 Å². The number of benzene rings is 2. The van der Waals surface area contributed by atoms with Crippen LogP contribution >= 0.6 is 0 Å². The van der Waals surface area contributed by atoms with Crippen LogP contribution in [0.5, 0.6) is 0 Å². The first-order valence-electron chi connectivity index (χ1n) is 7.96. The van der Waals surface area contributed by atoms with E-state index in [2.05, 4.69) is 23.5 Å². The number of aliphatic hydroxyl groups excluding tert-OH is 1. The summed E-state index contributed by atoms with van der Waals surface area (Å²) in [5, 5.41) is 12.8. The van der Waals surface area contributed by atoms with Crippen LogP contribution in [-0.2, 0) is 11.3 Å². The van der Waals surface area contributed by atoms with E-state index in [0.29, 0.717) is 12.6 Å². The van der Waals surface area contributed by atoms with Crippen LogP contribution in [0.4, 0.5) is 0 Å². The molecule has 1 fully saturated rings. The number of aliphatic hydroxyl groups is 1. The van der Waals surface area contributed by atoms with E-state index in [4.69, 9.17) is 4.65 Å². The zero-order valence-corrected chi connectivity index (χ0v) is 12.7. The van der Waals surface area contributed by atoms with Crippen molar-refractivity contribution in [3.05, 3.63) is 60.2 Å². The lowest BCUT2D eigenvalue weighted by Crippen LogP contribution is -2.47. The van der Waals surface area contributed by atoms with Crippen molar-refractivity contribution in [2.24, 2.45) is 0 Å². The van der Waals surface area contributed by atoms with E-state index < -0.39 is 0 Å². The SMILES string of the molecule is OCc1cccc(B(OCC2CCCN2)c2ccccc2)c1. The number of rotatable bonds is 6. The van der Waals surface area contributed by atoms with Gasteiger partial charge in [0.15, 0.2) is 0 Å². The molecule has 1 atom stereocenters. The van der Waals surface area contributed by atoms with E-state index in [1.54, 1.807) is 0 Å². The largest absolute Gasteiger partial charge is 0.425 e. The Kier molecular flexibility index (Phi) is 5.27. The van der Waals surface area contributed by atoms with Crippen LogP contribution in [-0.4, -0.2) is 31.2 Å². The lowest BCUT2D eigenvalue weighted by atomic mass is 9.55. The van der Waals surface area contributed by atoms with Crippen LogP contribution in [0.25, 0.3) is 0 Å². The molecule has 3 nitrogen and oxygen atoms in total. The second kappa shape index (κ2) is 7.59. The smallest absolute Gasteiger partial charge is 0.361 e. The Labute approximate surface area is 132 Å². The van der Waals surface area contributed by atoms with Gasteiger partial charge in [0.25, 0.3) is 0 Å². The third-order valence-electron chi connectivity index (χ3n) is 4.17. The van der Waals surface area contributed by atoms with Crippen LogP contribution in [0, 0.1) is 0 Å². The molecule has 1 heterocycles. The minimum Gasteiger partial charge on any atom is -0.425 e. The van der Waals surface area contributed by atoms with Crippen molar-refractivity contribution in [3.63, 3.8) is 0 Å². The maximum Gasteiger partial charge on any atom is 0.361 e. The van der Waals surface area contributed by atoms with E-state index in [9.17, 15) is 5.11 Å². The van der Waals surface area contributed by atoms with Crippen LogP contribution < -0.4 is 16.2 Å². The second-order valence-corrected chi connectivity index (χ2v) is 5.82. The van der Waals surface area contributed by atoms with E-state index in [1.807, 2.05) is 36.4 Å². The minimum absolute atomic E-state index is 0.0551. The van der Waals surface area contributed by atoms with Crippen LogP contribution in [0.15, 0.2) is 54.6 Å². The van der Waals surface area contributed by atoms with Gasteiger partial charge in [-0.1, -0.05) is 54.6 Å². The monoisotopic (exact) mass is 295 g/mol. The Bertz CT molecular complexity index is 585. The summed E-state index contributed by atoms with van der Waals surface area (Å²) < 4.78 is 6.25. The summed E-state index contributed by atoms with van der Waals surface area (Å²) in [6, 6.07) is 18.7. The quantitative estimate of drug-likeness (QED) is 0.783. The second-order valence-electron chi connectivity index (χ2n) is 5.82. The maximum absolute atomic E-state index is 9.37. The molecule has 4 heteroatoms. The maximum atomic E-state index is 9.37. The molecule has 0 aromatic heterocycles. The van der Waals surface area contributed by atoms with Gasteiger partial charge in [-0.15, -0.1) is 0 Å². The highest BCUT2D eigenvalue weighted by Gasteiger charge is 2.24. The van der Waals surface area contributed by atoms with E-state index in [-0.39, 0.29) is 13.5 Å². The lowest BCUT2D eigenvalue weighted by Gasteiger charge is -2.19. The van der Waals surface area contributed by atoms with Crippen molar-refractivity contribution in [2.45, 2.75) is 25.5 Å². The molecule has 0 amide bonds. The molecule has 0 bridgehead atoms. The molecule has 22 heavy (non-hydrogen) atoms. The number of hydrogen-bond donors (Lipinski definition) is 2. The molecular weight excluding hydrogens is 273 g/mol. The predicted molar refractivity (Wildman–Crippen MR) is 90.8 cm³/mol. The van der Waals surface area contributed by atoms with Gasteiger partial charge < -0.3 is 15.1 Å². The average molecular weight is 295 g/mol. The predicted octanol–water partition coefficient (Wildman–Crippen LogP) is 1.05. The fraction of sp³-hybridized carbons (Fsp3) is 0.333. The van der Waals surface area contributed by atoms with Crippen molar-refractivity contribution < 1.29 is 9.76 Å². The molecule has 1 aliphatic rings. The summed E-state index contributed by atoms with van der Waals surface area (Å²) in [6.45, 7) is 1.77. The fourth-order valence-electron chi connectivity index (χ4n) is 2.98. The highest BCUT2D eigenvalue weighted by molar-refractivity contribution is 6.80. The third kappa shape index (κ3) is 3.77. The van der Waals surface area contributed by atoms with Gasteiger partial charge in [-0.25, -0.2) is 0 Å². The Morgan fingerprint density at radius 2 is 1.91 bits per heavy atom. The molecule has 3 rings (SSSR count). The van der Waals surface area contributed by atoms with Gasteiger partial charge in [0.2, 0.25) is 0 Å². The van der Waals surface area contributed by atoms with Crippen molar-refractivity contribution >= 4 is 17.8 Å². The van der Waals surface area contributed by atoms with Crippen molar-refractivity contribution in [1.82, 2.24) is 5.32 Å². The number of nitrogens with one attached hydrogen (secondary N) is 1. The molecule has 1 unspecified atom stereocenters. The molecule has 1 saturated heterocycles. The normalized spacial score (nSPS) is 17.6. The van der Waals surface area contributed by atoms with E-state index in [1.165, 1.54) is 12.8 Å². The van der Waals surface area contributed by atoms with Gasteiger partial charge >= 0.3 is 6.92 Å². The van der Waals surface area contributed by atoms with Gasteiger partial charge in [-0.2, -0.15) is 0 Å². The van der Waals surface area contributed by atoms with Crippen molar-refractivity contribution in [3.8, 4) is 0 Å². The van der Waals surface area contributed by atoms with E-state index >= 15 is 0 Å². The zero-order valence-electron chi connectivity index (χ0n) is 12.7. The summed E-state index contributed by atoms with van der Waals surface area (Å²) >= 11 is 0. The molecular formula is C18H22BNO2. The van der Waals surface area contributed by atoms with Crippen molar-refractivity contribution in [2.75, 3.05) is 13.2 Å². The average Bonchev–Trinajstić information content (AvgIpc) is 3.10. The van der Waals surface area contributed by atoms with Gasteiger partial charge in [0.1, 0.15) is 0 Å². The summed E-state index contributed by atoms with van der Waals surface area (Å²) in [5.41, 5.74) is 3.16. The van der Waals surface area contributed by atoms with Crippen molar-refractivity contribution in [1.29, 1.82) is 0 Å².